The molecule has 0 aromatic heterocycles. The number of thioether (sulfide) groups is 1. The quantitative estimate of drug-likeness (QED) is 0.630. The third-order valence-electron chi connectivity index (χ3n) is 1.73. The Balaban J connectivity index is 2.46. The standard InChI is InChI=1S/C8H12O4S/c1-5-7(9)12-6(3-4-13-2)8(10)11-5/h5-6H,3-4H2,1-2H3/t5-,6+/m1/s1. The maximum Gasteiger partial charge on any atom is 0.348 e. The van der Waals surface area contributed by atoms with Crippen LogP contribution in [0, 0.1) is 0 Å². The monoisotopic (exact) mass is 204 g/mol. The molecule has 13 heavy (non-hydrogen) atoms. The normalized spacial score (nSPS) is 28.2. The summed E-state index contributed by atoms with van der Waals surface area (Å²) in [6.45, 7) is 1.50. The van der Waals surface area contributed by atoms with Gasteiger partial charge < -0.3 is 9.47 Å². The van der Waals surface area contributed by atoms with Crippen LogP contribution in [0.15, 0.2) is 0 Å². The smallest absolute Gasteiger partial charge is 0.348 e. The fourth-order valence-electron chi connectivity index (χ4n) is 0.984. The summed E-state index contributed by atoms with van der Waals surface area (Å²) in [6.07, 6.45) is 1.01. The molecular weight excluding hydrogens is 192 g/mol. The average Bonchev–Trinajstić information content (AvgIpc) is 2.09. The highest BCUT2D eigenvalue weighted by atomic mass is 32.2. The summed E-state index contributed by atoms with van der Waals surface area (Å²) in [7, 11) is 0. The van der Waals surface area contributed by atoms with Gasteiger partial charge in [-0.25, -0.2) is 9.59 Å². The summed E-state index contributed by atoms with van der Waals surface area (Å²) in [5.41, 5.74) is 0. The average molecular weight is 204 g/mol. The van der Waals surface area contributed by atoms with E-state index in [1.54, 1.807) is 11.8 Å². The molecule has 1 saturated heterocycles. The highest BCUT2D eigenvalue weighted by Gasteiger charge is 2.34. The van der Waals surface area contributed by atoms with Crippen LogP contribution in [-0.4, -0.2) is 36.2 Å². The van der Waals surface area contributed by atoms with E-state index in [-0.39, 0.29) is 0 Å². The van der Waals surface area contributed by atoms with Crippen LogP contribution in [-0.2, 0) is 19.1 Å². The van der Waals surface area contributed by atoms with Gasteiger partial charge >= 0.3 is 11.9 Å². The zero-order chi connectivity index (χ0) is 9.84. The van der Waals surface area contributed by atoms with Crippen molar-refractivity contribution >= 4 is 23.7 Å². The van der Waals surface area contributed by atoms with E-state index < -0.39 is 24.1 Å². The Morgan fingerprint density at radius 3 is 2.62 bits per heavy atom. The van der Waals surface area contributed by atoms with Crippen molar-refractivity contribution in [2.45, 2.75) is 25.6 Å². The van der Waals surface area contributed by atoms with Crippen LogP contribution in [0.5, 0.6) is 0 Å². The Hall–Kier alpha value is -0.710. The van der Waals surface area contributed by atoms with Gasteiger partial charge in [-0.3, -0.25) is 0 Å². The van der Waals surface area contributed by atoms with Crippen LogP contribution in [0.1, 0.15) is 13.3 Å². The van der Waals surface area contributed by atoms with E-state index in [0.717, 1.165) is 5.75 Å². The highest BCUT2D eigenvalue weighted by molar-refractivity contribution is 7.98. The van der Waals surface area contributed by atoms with Crippen LogP contribution in [0.4, 0.5) is 0 Å². The molecule has 1 aliphatic rings. The van der Waals surface area contributed by atoms with E-state index in [1.165, 1.54) is 6.92 Å². The van der Waals surface area contributed by atoms with Gasteiger partial charge in [0.05, 0.1) is 0 Å². The number of hydrogen-bond donors (Lipinski definition) is 0. The van der Waals surface area contributed by atoms with Gasteiger partial charge in [-0.05, 0) is 18.9 Å². The second kappa shape index (κ2) is 4.50. The van der Waals surface area contributed by atoms with E-state index in [9.17, 15) is 9.59 Å². The van der Waals surface area contributed by atoms with Crippen molar-refractivity contribution in [1.82, 2.24) is 0 Å². The maximum atomic E-state index is 11.1. The van der Waals surface area contributed by atoms with E-state index in [0.29, 0.717) is 6.42 Å². The predicted octanol–water partition coefficient (Wildman–Crippen LogP) is 0.597. The molecule has 4 nitrogen and oxygen atoms in total. The summed E-state index contributed by atoms with van der Waals surface area (Å²) >= 11 is 1.60. The van der Waals surface area contributed by atoms with E-state index in [2.05, 4.69) is 0 Å². The third kappa shape index (κ3) is 2.62. The van der Waals surface area contributed by atoms with Crippen molar-refractivity contribution in [3.63, 3.8) is 0 Å². The number of rotatable bonds is 3. The Morgan fingerprint density at radius 2 is 2.00 bits per heavy atom. The number of carbonyl (C=O) groups is 2. The Kier molecular flexibility index (Phi) is 3.59. The van der Waals surface area contributed by atoms with Crippen LogP contribution in [0.2, 0.25) is 0 Å². The lowest BCUT2D eigenvalue weighted by Crippen LogP contribution is -2.42. The summed E-state index contributed by atoms with van der Waals surface area (Å²) in [5, 5.41) is 0. The molecule has 1 rings (SSSR count). The summed E-state index contributed by atoms with van der Waals surface area (Å²) in [5.74, 6) is -0.103. The van der Waals surface area contributed by atoms with Gasteiger partial charge in [0.2, 0.25) is 0 Å². The second-order valence-electron chi connectivity index (χ2n) is 2.79. The molecular formula is C8H12O4S. The van der Waals surface area contributed by atoms with Crippen LogP contribution >= 0.6 is 11.8 Å². The molecule has 1 fully saturated rings. The van der Waals surface area contributed by atoms with Crippen molar-refractivity contribution in [3.8, 4) is 0 Å². The lowest BCUT2D eigenvalue weighted by Gasteiger charge is -2.25. The van der Waals surface area contributed by atoms with Gasteiger partial charge in [0, 0.05) is 6.42 Å². The van der Waals surface area contributed by atoms with Gasteiger partial charge in [-0.2, -0.15) is 11.8 Å². The number of hydrogen-bond acceptors (Lipinski definition) is 5. The first-order chi connectivity index (χ1) is 6.15. The Bertz CT molecular complexity index is 216. The molecule has 0 amide bonds. The van der Waals surface area contributed by atoms with Crippen LogP contribution in [0.3, 0.4) is 0 Å². The fourth-order valence-corrected chi connectivity index (χ4v) is 1.43. The third-order valence-corrected chi connectivity index (χ3v) is 2.37. The van der Waals surface area contributed by atoms with Gasteiger partial charge in [0.25, 0.3) is 0 Å². The molecule has 0 N–H and O–H groups in total. The van der Waals surface area contributed by atoms with Gasteiger partial charge in [-0.15, -0.1) is 0 Å². The molecule has 0 spiro atoms. The number of ether oxygens (including phenoxy) is 2. The Labute approximate surface area is 81.0 Å². The molecule has 74 valence electrons. The fraction of sp³-hybridized carbons (Fsp3) is 0.750. The molecule has 0 bridgehead atoms. The molecule has 1 heterocycles. The number of cyclic esters (lactones) is 2. The topological polar surface area (TPSA) is 52.6 Å². The molecule has 2 atom stereocenters. The first-order valence-corrected chi connectivity index (χ1v) is 5.44. The molecule has 0 unspecified atom stereocenters. The lowest BCUT2D eigenvalue weighted by atomic mass is 10.2. The summed E-state index contributed by atoms with van der Waals surface area (Å²) < 4.78 is 9.67. The van der Waals surface area contributed by atoms with E-state index >= 15 is 0 Å². The zero-order valence-electron chi connectivity index (χ0n) is 7.61. The molecule has 0 aliphatic carbocycles. The summed E-state index contributed by atoms with van der Waals surface area (Å²) in [4.78, 5) is 22.2. The zero-order valence-corrected chi connectivity index (χ0v) is 8.43. The van der Waals surface area contributed by atoms with Crippen LogP contribution < -0.4 is 0 Å². The highest BCUT2D eigenvalue weighted by Crippen LogP contribution is 2.14. The van der Waals surface area contributed by atoms with Crippen molar-refractivity contribution in [2.75, 3.05) is 12.0 Å². The minimum atomic E-state index is -0.752. The summed E-state index contributed by atoms with van der Waals surface area (Å²) in [6, 6.07) is 0. The van der Waals surface area contributed by atoms with Gasteiger partial charge in [0.1, 0.15) is 0 Å². The maximum absolute atomic E-state index is 11.1. The first-order valence-electron chi connectivity index (χ1n) is 4.05. The minimum absolute atomic E-state index is 0.429. The molecule has 0 aromatic rings. The predicted molar refractivity (Wildman–Crippen MR) is 48.4 cm³/mol. The number of esters is 2. The van der Waals surface area contributed by atoms with Crippen molar-refractivity contribution < 1.29 is 19.1 Å². The van der Waals surface area contributed by atoms with Crippen molar-refractivity contribution in [2.24, 2.45) is 0 Å². The van der Waals surface area contributed by atoms with E-state index in [4.69, 9.17) is 9.47 Å². The second-order valence-corrected chi connectivity index (χ2v) is 3.77. The van der Waals surface area contributed by atoms with Crippen molar-refractivity contribution in [1.29, 1.82) is 0 Å². The minimum Gasteiger partial charge on any atom is -0.448 e. The first kappa shape index (κ1) is 10.4. The molecule has 0 aromatic carbocycles. The largest absolute Gasteiger partial charge is 0.448 e. The van der Waals surface area contributed by atoms with Gasteiger partial charge in [-0.1, -0.05) is 0 Å². The Morgan fingerprint density at radius 1 is 1.31 bits per heavy atom. The van der Waals surface area contributed by atoms with Crippen LogP contribution in [0.25, 0.3) is 0 Å². The number of carbonyl (C=O) groups excluding carboxylic acids is 2. The molecule has 0 radical (unpaired) electrons. The molecule has 1 aliphatic heterocycles. The van der Waals surface area contributed by atoms with Crippen molar-refractivity contribution in [3.05, 3.63) is 0 Å². The molecule has 0 saturated carbocycles. The van der Waals surface area contributed by atoms with Gasteiger partial charge in [0.15, 0.2) is 12.2 Å². The molecule has 5 heteroatoms. The lowest BCUT2D eigenvalue weighted by molar-refractivity contribution is -0.193. The van der Waals surface area contributed by atoms with E-state index in [1.807, 2.05) is 6.26 Å². The SMILES string of the molecule is CSCC[C@@H]1OC(=O)[C@@H](C)OC1=O.